The molecule has 0 aliphatic heterocycles. The Bertz CT molecular complexity index is 371. The standard InChI is InChI=1S/C8H9NO4S/c1-3-13-7(11)5-6(4(2)10)14-8(12)9-5/h3H2,1-2H3,(H,9,12). The molecular weight excluding hydrogens is 206 g/mol. The van der Waals surface area contributed by atoms with Crippen molar-refractivity contribution < 1.29 is 19.4 Å². The van der Waals surface area contributed by atoms with E-state index in [9.17, 15) is 9.59 Å². The van der Waals surface area contributed by atoms with Crippen molar-refractivity contribution in [3.05, 3.63) is 10.6 Å². The quantitative estimate of drug-likeness (QED) is 0.606. The number of ketones is 1. The van der Waals surface area contributed by atoms with Gasteiger partial charge in [-0.3, -0.25) is 4.79 Å². The van der Waals surface area contributed by atoms with Gasteiger partial charge in [-0.15, -0.1) is 0 Å². The van der Waals surface area contributed by atoms with Crippen LogP contribution >= 0.6 is 11.3 Å². The van der Waals surface area contributed by atoms with Crippen LogP contribution in [-0.2, 0) is 4.74 Å². The first-order valence-electron chi connectivity index (χ1n) is 3.94. The van der Waals surface area contributed by atoms with E-state index in [1.807, 2.05) is 0 Å². The lowest BCUT2D eigenvalue weighted by atomic mass is 10.3. The van der Waals surface area contributed by atoms with Gasteiger partial charge in [-0.1, -0.05) is 11.3 Å². The van der Waals surface area contributed by atoms with Crippen molar-refractivity contribution in [1.29, 1.82) is 0 Å². The monoisotopic (exact) mass is 215 g/mol. The first-order chi connectivity index (χ1) is 6.56. The molecular formula is C8H9NO4S. The predicted octanol–water partition coefficient (Wildman–Crippen LogP) is 1.23. The van der Waals surface area contributed by atoms with Gasteiger partial charge in [0.1, 0.15) is 4.88 Å². The lowest BCUT2D eigenvalue weighted by Crippen LogP contribution is -2.09. The molecule has 6 heteroatoms. The number of ether oxygens (including phenoxy) is 1. The van der Waals surface area contributed by atoms with Crippen molar-refractivity contribution in [2.24, 2.45) is 0 Å². The maximum atomic E-state index is 11.2. The summed E-state index contributed by atoms with van der Waals surface area (Å²) in [7, 11) is 0. The number of thiazole rings is 1. The van der Waals surface area contributed by atoms with Crippen LogP contribution in [0.1, 0.15) is 34.0 Å². The van der Waals surface area contributed by atoms with Crippen LogP contribution in [0.5, 0.6) is 5.19 Å². The molecule has 0 saturated carbocycles. The average Bonchev–Trinajstić information content (AvgIpc) is 2.48. The molecule has 1 aromatic heterocycles. The minimum atomic E-state index is -0.686. The molecule has 1 aromatic rings. The van der Waals surface area contributed by atoms with Crippen LogP contribution in [0.4, 0.5) is 0 Å². The molecule has 0 unspecified atom stereocenters. The molecule has 0 aliphatic carbocycles. The summed E-state index contributed by atoms with van der Waals surface area (Å²) < 4.78 is 4.67. The number of aromatic nitrogens is 1. The minimum Gasteiger partial charge on any atom is -0.486 e. The van der Waals surface area contributed by atoms with Crippen LogP contribution in [0.2, 0.25) is 0 Å². The number of carbonyl (C=O) groups is 2. The Hall–Kier alpha value is -1.43. The number of aromatic hydroxyl groups is 1. The average molecular weight is 215 g/mol. The van der Waals surface area contributed by atoms with Crippen LogP contribution in [0, 0.1) is 0 Å². The Kier molecular flexibility index (Phi) is 3.19. The molecule has 0 bridgehead atoms. The predicted molar refractivity (Wildman–Crippen MR) is 49.7 cm³/mol. The van der Waals surface area contributed by atoms with Gasteiger partial charge in [0, 0.05) is 6.92 Å². The molecule has 0 radical (unpaired) electrons. The van der Waals surface area contributed by atoms with Crippen LogP contribution in [0.15, 0.2) is 0 Å². The number of hydrogen-bond acceptors (Lipinski definition) is 6. The van der Waals surface area contributed by atoms with Crippen LogP contribution in [0.25, 0.3) is 0 Å². The number of hydrogen-bond donors (Lipinski definition) is 1. The second kappa shape index (κ2) is 4.19. The largest absolute Gasteiger partial charge is 0.486 e. The fraction of sp³-hybridized carbons (Fsp3) is 0.375. The summed E-state index contributed by atoms with van der Waals surface area (Å²) in [4.78, 5) is 25.9. The maximum Gasteiger partial charge on any atom is 0.358 e. The topological polar surface area (TPSA) is 76.5 Å². The van der Waals surface area contributed by atoms with Gasteiger partial charge in [-0.05, 0) is 6.92 Å². The number of Topliss-reactive ketones (excluding diaryl/α,β-unsaturated/α-hetero) is 1. The van der Waals surface area contributed by atoms with Gasteiger partial charge in [0.2, 0.25) is 0 Å². The number of rotatable bonds is 3. The van der Waals surface area contributed by atoms with Crippen molar-refractivity contribution in [2.45, 2.75) is 13.8 Å². The van der Waals surface area contributed by atoms with E-state index >= 15 is 0 Å². The molecule has 1 heterocycles. The van der Waals surface area contributed by atoms with Gasteiger partial charge in [0.15, 0.2) is 11.5 Å². The highest BCUT2D eigenvalue weighted by molar-refractivity contribution is 7.15. The van der Waals surface area contributed by atoms with Crippen molar-refractivity contribution >= 4 is 23.1 Å². The zero-order chi connectivity index (χ0) is 10.7. The van der Waals surface area contributed by atoms with E-state index in [2.05, 4.69) is 9.72 Å². The fourth-order valence-corrected chi connectivity index (χ4v) is 1.57. The van der Waals surface area contributed by atoms with Gasteiger partial charge in [0.05, 0.1) is 6.61 Å². The molecule has 1 rings (SSSR count). The summed E-state index contributed by atoms with van der Waals surface area (Å²) >= 11 is 0.771. The Morgan fingerprint density at radius 3 is 2.71 bits per heavy atom. The van der Waals surface area contributed by atoms with Crippen LogP contribution < -0.4 is 0 Å². The third-order valence-corrected chi connectivity index (χ3v) is 2.36. The second-order valence-electron chi connectivity index (χ2n) is 2.45. The summed E-state index contributed by atoms with van der Waals surface area (Å²) in [6.07, 6.45) is 0. The Morgan fingerprint density at radius 1 is 1.57 bits per heavy atom. The number of nitrogens with zero attached hydrogens (tertiary/aromatic N) is 1. The van der Waals surface area contributed by atoms with Crippen molar-refractivity contribution in [2.75, 3.05) is 6.61 Å². The van der Waals surface area contributed by atoms with E-state index in [0.717, 1.165) is 11.3 Å². The lowest BCUT2D eigenvalue weighted by Gasteiger charge is -1.98. The lowest BCUT2D eigenvalue weighted by molar-refractivity contribution is 0.0516. The van der Waals surface area contributed by atoms with E-state index in [1.54, 1.807) is 6.92 Å². The highest BCUT2D eigenvalue weighted by Gasteiger charge is 2.21. The zero-order valence-corrected chi connectivity index (χ0v) is 8.55. The summed E-state index contributed by atoms with van der Waals surface area (Å²) in [6.45, 7) is 3.15. The molecule has 0 aliphatic rings. The zero-order valence-electron chi connectivity index (χ0n) is 7.73. The maximum absolute atomic E-state index is 11.2. The summed E-state index contributed by atoms with van der Waals surface area (Å²) in [5.74, 6) is -1.000. The molecule has 0 amide bonds. The first kappa shape index (κ1) is 10.6. The molecule has 0 spiro atoms. The Balaban J connectivity index is 3.06. The highest BCUT2D eigenvalue weighted by atomic mass is 32.1. The smallest absolute Gasteiger partial charge is 0.358 e. The molecule has 0 fully saturated rings. The van der Waals surface area contributed by atoms with Crippen molar-refractivity contribution in [1.82, 2.24) is 4.98 Å². The Morgan fingerprint density at radius 2 is 2.21 bits per heavy atom. The summed E-state index contributed by atoms with van der Waals surface area (Å²) in [6, 6.07) is 0. The fourth-order valence-electron chi connectivity index (χ4n) is 0.885. The van der Waals surface area contributed by atoms with Gasteiger partial charge in [-0.2, -0.15) is 4.98 Å². The molecule has 14 heavy (non-hydrogen) atoms. The normalized spacial score (nSPS) is 9.86. The van der Waals surface area contributed by atoms with Crippen LogP contribution in [-0.4, -0.2) is 28.4 Å². The number of carbonyl (C=O) groups excluding carboxylic acids is 2. The molecule has 76 valence electrons. The third-order valence-electron chi connectivity index (χ3n) is 1.40. The van der Waals surface area contributed by atoms with E-state index in [0.29, 0.717) is 0 Å². The van der Waals surface area contributed by atoms with E-state index < -0.39 is 5.97 Å². The van der Waals surface area contributed by atoms with Crippen molar-refractivity contribution in [3.8, 4) is 5.19 Å². The molecule has 0 aromatic carbocycles. The second-order valence-corrected chi connectivity index (χ2v) is 3.43. The van der Waals surface area contributed by atoms with Crippen molar-refractivity contribution in [3.63, 3.8) is 0 Å². The molecule has 1 N–H and O–H groups in total. The Labute approximate surface area is 84.3 Å². The van der Waals surface area contributed by atoms with Gasteiger partial charge >= 0.3 is 5.97 Å². The van der Waals surface area contributed by atoms with Gasteiger partial charge in [-0.25, -0.2) is 4.79 Å². The molecule has 0 saturated heterocycles. The first-order valence-corrected chi connectivity index (χ1v) is 4.75. The summed E-state index contributed by atoms with van der Waals surface area (Å²) in [5, 5.41) is 8.74. The minimum absolute atomic E-state index is 0.109. The van der Waals surface area contributed by atoms with E-state index in [-0.39, 0.29) is 28.2 Å². The highest BCUT2D eigenvalue weighted by Crippen LogP contribution is 2.24. The van der Waals surface area contributed by atoms with E-state index in [4.69, 9.17) is 5.11 Å². The van der Waals surface area contributed by atoms with E-state index in [1.165, 1.54) is 6.92 Å². The van der Waals surface area contributed by atoms with Gasteiger partial charge < -0.3 is 9.84 Å². The summed E-state index contributed by atoms with van der Waals surface area (Å²) in [5.41, 5.74) is -0.109. The molecule has 5 nitrogen and oxygen atoms in total. The number of esters is 1. The van der Waals surface area contributed by atoms with Gasteiger partial charge in [0.25, 0.3) is 5.19 Å². The third kappa shape index (κ3) is 2.08. The molecule has 0 atom stereocenters. The van der Waals surface area contributed by atoms with Crippen LogP contribution in [0.3, 0.4) is 0 Å². The SMILES string of the molecule is CCOC(=O)c1nc(O)sc1C(C)=O.